The fraction of sp³-hybridized carbons (Fsp3) is 0.833. The van der Waals surface area contributed by atoms with Crippen LogP contribution in [0.15, 0.2) is 0 Å². The van der Waals surface area contributed by atoms with Gasteiger partial charge in [-0.05, 0) is 39.0 Å². The van der Waals surface area contributed by atoms with Gasteiger partial charge in [0.1, 0.15) is 5.60 Å². The molecule has 0 spiro atoms. The van der Waals surface area contributed by atoms with Gasteiger partial charge >= 0.3 is 12.1 Å². The number of aliphatic carboxylic acids is 1. The number of hydrogen-bond acceptors (Lipinski definition) is 3. The van der Waals surface area contributed by atoms with Gasteiger partial charge in [-0.3, -0.25) is 4.79 Å². The van der Waals surface area contributed by atoms with Gasteiger partial charge in [0.05, 0.1) is 5.92 Å². The van der Waals surface area contributed by atoms with Gasteiger partial charge in [0.15, 0.2) is 0 Å². The Morgan fingerprint density at radius 2 is 1.94 bits per heavy atom. The molecule has 1 saturated carbocycles. The summed E-state index contributed by atoms with van der Waals surface area (Å²) in [6.07, 6.45) is 0.452. The predicted molar refractivity (Wildman–Crippen MR) is 60.5 cm³/mol. The number of nitrogens with zero attached hydrogens (tertiary/aromatic N) is 1. The van der Waals surface area contributed by atoms with Crippen molar-refractivity contribution in [2.75, 3.05) is 13.1 Å². The van der Waals surface area contributed by atoms with Crippen molar-refractivity contribution < 1.29 is 19.4 Å². The highest BCUT2D eigenvalue weighted by Crippen LogP contribution is 2.51. The average molecular weight is 241 g/mol. The Bertz CT molecular complexity index is 347. The molecule has 2 rings (SSSR count). The van der Waals surface area contributed by atoms with Crippen molar-refractivity contribution in [2.45, 2.75) is 32.8 Å². The molecule has 2 aliphatic rings. The Hall–Kier alpha value is -1.26. The molecule has 2 fully saturated rings. The molecular weight excluding hydrogens is 222 g/mol. The van der Waals surface area contributed by atoms with E-state index in [-0.39, 0.29) is 23.8 Å². The molecule has 5 nitrogen and oxygen atoms in total. The van der Waals surface area contributed by atoms with Gasteiger partial charge in [0.2, 0.25) is 0 Å². The van der Waals surface area contributed by atoms with Crippen LogP contribution in [0.1, 0.15) is 27.2 Å². The largest absolute Gasteiger partial charge is 0.481 e. The van der Waals surface area contributed by atoms with E-state index < -0.39 is 11.6 Å². The monoisotopic (exact) mass is 241 g/mol. The number of fused-ring (bicyclic) bond motifs is 1. The second-order valence-electron chi connectivity index (χ2n) is 5.91. The predicted octanol–water partition coefficient (Wildman–Crippen LogP) is 1.57. The smallest absolute Gasteiger partial charge is 0.410 e. The minimum atomic E-state index is -0.731. The molecule has 1 saturated heterocycles. The van der Waals surface area contributed by atoms with E-state index in [1.165, 1.54) is 0 Å². The van der Waals surface area contributed by atoms with Gasteiger partial charge < -0.3 is 14.7 Å². The highest BCUT2D eigenvalue weighted by Gasteiger charge is 2.57. The molecule has 1 amide bonds. The number of ether oxygens (including phenoxy) is 1. The van der Waals surface area contributed by atoms with Crippen LogP contribution in [-0.2, 0) is 9.53 Å². The third kappa shape index (κ3) is 2.53. The summed E-state index contributed by atoms with van der Waals surface area (Å²) in [6, 6.07) is 0. The van der Waals surface area contributed by atoms with Crippen molar-refractivity contribution in [3.63, 3.8) is 0 Å². The van der Waals surface area contributed by atoms with Crippen molar-refractivity contribution in [3.05, 3.63) is 0 Å². The molecule has 0 aromatic rings. The minimum absolute atomic E-state index is 0.133. The SMILES string of the molecule is CC(C)(C)OC(=O)N1CCC2C(C1)C2C(=O)O. The lowest BCUT2D eigenvalue weighted by Crippen LogP contribution is -2.40. The molecule has 96 valence electrons. The van der Waals surface area contributed by atoms with Gasteiger partial charge in [0.25, 0.3) is 0 Å². The van der Waals surface area contributed by atoms with E-state index in [9.17, 15) is 9.59 Å². The Balaban J connectivity index is 1.90. The maximum Gasteiger partial charge on any atom is 0.410 e. The van der Waals surface area contributed by atoms with Gasteiger partial charge in [-0.2, -0.15) is 0 Å². The summed E-state index contributed by atoms with van der Waals surface area (Å²) in [5, 5.41) is 8.96. The van der Waals surface area contributed by atoms with E-state index in [1.54, 1.807) is 4.90 Å². The molecule has 17 heavy (non-hydrogen) atoms. The standard InChI is InChI=1S/C12H19NO4/c1-12(2,3)17-11(16)13-5-4-7-8(6-13)9(7)10(14)15/h7-9H,4-6H2,1-3H3,(H,14,15). The highest BCUT2D eigenvalue weighted by atomic mass is 16.6. The van der Waals surface area contributed by atoms with Crippen molar-refractivity contribution in [3.8, 4) is 0 Å². The third-order valence-electron chi connectivity index (χ3n) is 3.43. The maximum absolute atomic E-state index is 11.8. The lowest BCUT2D eigenvalue weighted by molar-refractivity contribution is -0.139. The topological polar surface area (TPSA) is 66.8 Å². The molecule has 0 aromatic heterocycles. The third-order valence-corrected chi connectivity index (χ3v) is 3.43. The average Bonchev–Trinajstić information content (AvgIpc) is 2.87. The molecule has 1 N–H and O–H groups in total. The first-order valence-corrected chi connectivity index (χ1v) is 6.00. The lowest BCUT2D eigenvalue weighted by atomic mass is 10.1. The van der Waals surface area contributed by atoms with Crippen LogP contribution in [0.4, 0.5) is 4.79 Å². The zero-order valence-corrected chi connectivity index (χ0v) is 10.5. The van der Waals surface area contributed by atoms with E-state index >= 15 is 0 Å². The van der Waals surface area contributed by atoms with E-state index in [0.717, 1.165) is 6.42 Å². The Morgan fingerprint density at radius 1 is 1.29 bits per heavy atom. The fourth-order valence-electron chi connectivity index (χ4n) is 2.60. The molecule has 5 heteroatoms. The quantitative estimate of drug-likeness (QED) is 0.756. The van der Waals surface area contributed by atoms with E-state index in [2.05, 4.69) is 0 Å². The molecule has 3 atom stereocenters. The fourth-order valence-corrected chi connectivity index (χ4v) is 2.60. The van der Waals surface area contributed by atoms with Crippen LogP contribution in [0.25, 0.3) is 0 Å². The Morgan fingerprint density at radius 3 is 2.47 bits per heavy atom. The number of piperidine rings is 1. The van der Waals surface area contributed by atoms with Crippen molar-refractivity contribution in [1.82, 2.24) is 4.90 Å². The molecule has 3 unspecified atom stereocenters. The number of carboxylic acids is 1. The number of rotatable bonds is 1. The molecule has 0 radical (unpaired) electrons. The number of likely N-dealkylation sites (tertiary alicyclic amines) is 1. The van der Waals surface area contributed by atoms with Gasteiger partial charge in [-0.25, -0.2) is 4.79 Å². The first-order valence-electron chi connectivity index (χ1n) is 6.00. The van der Waals surface area contributed by atoms with Crippen LogP contribution < -0.4 is 0 Å². The second-order valence-corrected chi connectivity index (χ2v) is 5.91. The summed E-state index contributed by atoms with van der Waals surface area (Å²) in [5.74, 6) is -0.576. The summed E-state index contributed by atoms with van der Waals surface area (Å²) < 4.78 is 5.28. The molecule has 0 bridgehead atoms. The zero-order chi connectivity index (χ0) is 12.8. The number of carbonyl (C=O) groups is 2. The highest BCUT2D eigenvalue weighted by molar-refractivity contribution is 5.75. The first kappa shape index (κ1) is 12.2. The Kier molecular flexibility index (Phi) is 2.79. The van der Waals surface area contributed by atoms with E-state index in [0.29, 0.717) is 13.1 Å². The van der Waals surface area contributed by atoms with Crippen molar-refractivity contribution in [2.24, 2.45) is 17.8 Å². The van der Waals surface area contributed by atoms with Crippen LogP contribution in [-0.4, -0.2) is 40.8 Å². The molecule has 1 aliphatic carbocycles. The summed E-state index contributed by atoms with van der Waals surface area (Å²) in [6.45, 7) is 6.62. The van der Waals surface area contributed by atoms with Crippen LogP contribution in [0.2, 0.25) is 0 Å². The number of carbonyl (C=O) groups excluding carboxylic acids is 1. The normalized spacial score (nSPS) is 31.7. The van der Waals surface area contributed by atoms with Crippen molar-refractivity contribution in [1.29, 1.82) is 0 Å². The van der Waals surface area contributed by atoms with Gasteiger partial charge in [-0.1, -0.05) is 0 Å². The van der Waals surface area contributed by atoms with E-state index in [1.807, 2.05) is 20.8 Å². The first-order chi connectivity index (χ1) is 7.79. The molecule has 1 heterocycles. The van der Waals surface area contributed by atoms with E-state index in [4.69, 9.17) is 9.84 Å². The maximum atomic E-state index is 11.8. The molecule has 1 aliphatic heterocycles. The summed E-state index contributed by atoms with van der Waals surface area (Å²) in [7, 11) is 0. The second kappa shape index (κ2) is 3.89. The lowest BCUT2D eigenvalue weighted by Gasteiger charge is -2.29. The van der Waals surface area contributed by atoms with Crippen molar-refractivity contribution >= 4 is 12.1 Å². The van der Waals surface area contributed by atoms with Crippen LogP contribution in [0, 0.1) is 17.8 Å². The zero-order valence-electron chi connectivity index (χ0n) is 10.5. The molecule has 0 aromatic carbocycles. The number of carboxylic acid groups (broad SMARTS) is 1. The number of amides is 1. The van der Waals surface area contributed by atoms with Gasteiger partial charge in [-0.15, -0.1) is 0 Å². The summed E-state index contributed by atoms with van der Waals surface area (Å²) >= 11 is 0. The van der Waals surface area contributed by atoms with Crippen LogP contribution in [0.5, 0.6) is 0 Å². The van der Waals surface area contributed by atoms with Gasteiger partial charge in [0, 0.05) is 13.1 Å². The Labute approximate surface area is 101 Å². The van der Waals surface area contributed by atoms with Crippen LogP contribution >= 0.6 is 0 Å². The summed E-state index contributed by atoms with van der Waals surface area (Å²) in [4.78, 5) is 24.3. The van der Waals surface area contributed by atoms with Crippen LogP contribution in [0.3, 0.4) is 0 Å². The minimum Gasteiger partial charge on any atom is -0.481 e. The summed E-state index contributed by atoms with van der Waals surface area (Å²) in [5.41, 5.74) is -0.496. The molecular formula is C12H19NO4. The number of hydrogen-bond donors (Lipinski definition) is 1.